The minimum atomic E-state index is -0.195. The van der Waals surface area contributed by atoms with Crippen LogP contribution in [0, 0.1) is 0 Å². The van der Waals surface area contributed by atoms with E-state index < -0.39 is 0 Å². The van der Waals surface area contributed by atoms with Gasteiger partial charge in [-0.1, -0.05) is 6.07 Å². The average Bonchev–Trinajstić information content (AvgIpc) is 2.42. The molecule has 0 heterocycles. The van der Waals surface area contributed by atoms with Crippen molar-refractivity contribution < 1.29 is 9.59 Å². The largest absolute Gasteiger partial charge is 0.355 e. The monoisotopic (exact) mass is 285 g/mol. The van der Waals surface area contributed by atoms with Crippen LogP contribution in [0.15, 0.2) is 24.3 Å². The Kier molecular flexibility index (Phi) is 8.57. The van der Waals surface area contributed by atoms with Crippen LogP contribution in [0.1, 0.15) is 27.1 Å². The van der Waals surface area contributed by atoms with Gasteiger partial charge in [-0.2, -0.15) is 0 Å². The lowest BCUT2D eigenvalue weighted by Crippen LogP contribution is -2.27. The van der Waals surface area contributed by atoms with Crippen molar-refractivity contribution in [3.8, 4) is 0 Å². The number of amides is 2. The van der Waals surface area contributed by atoms with Crippen molar-refractivity contribution in [3.05, 3.63) is 35.4 Å². The molecule has 2 amide bonds. The van der Waals surface area contributed by atoms with Gasteiger partial charge < -0.3 is 16.0 Å². The maximum absolute atomic E-state index is 11.8. The predicted molar refractivity (Wildman–Crippen MR) is 78.0 cm³/mol. The standard InChI is InChI=1S/C13H19N3O2.ClH/c1-14-7-4-8-16-13(18)11-6-3-5-10(9-11)12(17)15-2;/h3,5-6,9,14H,4,7-8H2,1-2H3,(H,15,17)(H,16,18);1H. The molecule has 5 nitrogen and oxygen atoms in total. The van der Waals surface area contributed by atoms with Crippen molar-refractivity contribution in [2.75, 3.05) is 27.2 Å². The van der Waals surface area contributed by atoms with E-state index in [1.165, 1.54) is 0 Å². The lowest BCUT2D eigenvalue weighted by Gasteiger charge is -2.06. The quantitative estimate of drug-likeness (QED) is 0.678. The normalized spacial score (nSPS) is 9.37. The van der Waals surface area contributed by atoms with Crippen molar-refractivity contribution in [3.63, 3.8) is 0 Å². The number of hydrogen-bond acceptors (Lipinski definition) is 3. The minimum Gasteiger partial charge on any atom is -0.355 e. The summed E-state index contributed by atoms with van der Waals surface area (Å²) in [5.41, 5.74) is 0.987. The zero-order chi connectivity index (χ0) is 13.4. The number of benzene rings is 1. The SMILES string of the molecule is CNCCCNC(=O)c1cccc(C(=O)NC)c1.Cl. The summed E-state index contributed by atoms with van der Waals surface area (Å²) in [5.74, 6) is -0.350. The van der Waals surface area contributed by atoms with Crippen LogP contribution in [-0.2, 0) is 0 Å². The van der Waals surface area contributed by atoms with Crippen LogP contribution in [0.4, 0.5) is 0 Å². The molecule has 0 aliphatic rings. The highest BCUT2D eigenvalue weighted by molar-refractivity contribution is 5.99. The molecule has 0 atom stereocenters. The fourth-order valence-corrected chi connectivity index (χ4v) is 1.52. The molecular weight excluding hydrogens is 266 g/mol. The molecular formula is C13H20ClN3O2. The highest BCUT2D eigenvalue weighted by Gasteiger charge is 2.08. The predicted octanol–water partition coefficient (Wildman–Crippen LogP) is 0.807. The Morgan fingerprint density at radius 3 is 2.26 bits per heavy atom. The van der Waals surface area contributed by atoms with Gasteiger partial charge in [0.15, 0.2) is 0 Å². The first-order valence-electron chi connectivity index (χ1n) is 5.94. The van der Waals surface area contributed by atoms with Gasteiger partial charge in [0.2, 0.25) is 0 Å². The molecule has 0 unspecified atom stereocenters. The van der Waals surface area contributed by atoms with E-state index >= 15 is 0 Å². The number of halogens is 1. The lowest BCUT2D eigenvalue weighted by atomic mass is 10.1. The Labute approximate surface area is 119 Å². The molecule has 0 aliphatic carbocycles. The van der Waals surface area contributed by atoms with Gasteiger partial charge in [0.05, 0.1) is 0 Å². The molecule has 0 bridgehead atoms. The molecule has 0 aliphatic heterocycles. The van der Waals surface area contributed by atoms with E-state index in [2.05, 4.69) is 16.0 Å². The maximum atomic E-state index is 11.8. The molecule has 1 aromatic carbocycles. The van der Waals surface area contributed by atoms with Crippen LogP contribution in [0.25, 0.3) is 0 Å². The summed E-state index contributed by atoms with van der Waals surface area (Å²) in [6.07, 6.45) is 0.872. The molecule has 0 fully saturated rings. The summed E-state index contributed by atoms with van der Waals surface area (Å²) < 4.78 is 0. The minimum absolute atomic E-state index is 0. The Morgan fingerprint density at radius 1 is 1.05 bits per heavy atom. The number of carbonyl (C=O) groups excluding carboxylic acids is 2. The van der Waals surface area contributed by atoms with Gasteiger partial charge in [0.1, 0.15) is 0 Å². The van der Waals surface area contributed by atoms with Crippen LogP contribution in [0.3, 0.4) is 0 Å². The van der Waals surface area contributed by atoms with Crippen LogP contribution < -0.4 is 16.0 Å². The number of carbonyl (C=O) groups is 2. The first-order valence-corrected chi connectivity index (χ1v) is 5.94. The van der Waals surface area contributed by atoms with E-state index in [0.717, 1.165) is 13.0 Å². The Bertz CT molecular complexity index is 424. The molecule has 1 aromatic rings. The Balaban J connectivity index is 0.00000324. The van der Waals surface area contributed by atoms with Crippen LogP contribution in [0.2, 0.25) is 0 Å². The number of hydrogen-bond donors (Lipinski definition) is 3. The highest BCUT2D eigenvalue weighted by atomic mass is 35.5. The van der Waals surface area contributed by atoms with Crippen molar-refractivity contribution in [1.29, 1.82) is 0 Å². The summed E-state index contributed by atoms with van der Waals surface area (Å²) in [6, 6.07) is 6.66. The average molecular weight is 286 g/mol. The van der Waals surface area contributed by atoms with Crippen LogP contribution in [-0.4, -0.2) is 39.0 Å². The third-order valence-corrected chi connectivity index (χ3v) is 2.50. The van der Waals surface area contributed by atoms with Gasteiger partial charge in [0, 0.05) is 24.7 Å². The van der Waals surface area contributed by atoms with Gasteiger partial charge in [-0.3, -0.25) is 9.59 Å². The third-order valence-electron chi connectivity index (χ3n) is 2.50. The fourth-order valence-electron chi connectivity index (χ4n) is 1.52. The summed E-state index contributed by atoms with van der Waals surface area (Å²) >= 11 is 0. The van der Waals surface area contributed by atoms with Crippen molar-refractivity contribution in [2.45, 2.75) is 6.42 Å². The van der Waals surface area contributed by atoms with Gasteiger partial charge in [0.25, 0.3) is 11.8 Å². The van der Waals surface area contributed by atoms with Gasteiger partial charge >= 0.3 is 0 Å². The molecule has 0 saturated heterocycles. The molecule has 106 valence electrons. The second-order valence-corrected chi connectivity index (χ2v) is 3.87. The molecule has 0 aromatic heterocycles. The molecule has 19 heavy (non-hydrogen) atoms. The van der Waals surface area contributed by atoms with E-state index in [1.54, 1.807) is 31.3 Å². The van der Waals surface area contributed by atoms with Crippen LogP contribution >= 0.6 is 12.4 Å². The number of nitrogens with one attached hydrogen (secondary N) is 3. The van der Waals surface area contributed by atoms with E-state index in [-0.39, 0.29) is 24.2 Å². The van der Waals surface area contributed by atoms with Gasteiger partial charge in [-0.05, 0) is 38.2 Å². The summed E-state index contributed by atoms with van der Waals surface area (Å²) in [6.45, 7) is 1.47. The van der Waals surface area contributed by atoms with E-state index in [0.29, 0.717) is 17.7 Å². The first-order chi connectivity index (χ1) is 8.69. The van der Waals surface area contributed by atoms with Crippen molar-refractivity contribution >= 4 is 24.2 Å². The molecule has 0 saturated carbocycles. The van der Waals surface area contributed by atoms with E-state index in [1.807, 2.05) is 7.05 Å². The fraction of sp³-hybridized carbons (Fsp3) is 0.385. The molecule has 6 heteroatoms. The van der Waals surface area contributed by atoms with Gasteiger partial charge in [-0.15, -0.1) is 12.4 Å². The molecule has 0 spiro atoms. The van der Waals surface area contributed by atoms with Crippen molar-refractivity contribution in [2.24, 2.45) is 0 Å². The third kappa shape index (κ3) is 5.72. The Hall–Kier alpha value is -1.59. The Morgan fingerprint density at radius 2 is 1.68 bits per heavy atom. The topological polar surface area (TPSA) is 70.2 Å². The van der Waals surface area contributed by atoms with Crippen LogP contribution in [0.5, 0.6) is 0 Å². The lowest BCUT2D eigenvalue weighted by molar-refractivity contribution is 0.0953. The second kappa shape index (κ2) is 9.35. The summed E-state index contributed by atoms with van der Waals surface area (Å²) in [7, 11) is 3.43. The second-order valence-electron chi connectivity index (χ2n) is 3.87. The van der Waals surface area contributed by atoms with E-state index in [9.17, 15) is 9.59 Å². The molecule has 0 radical (unpaired) electrons. The first kappa shape index (κ1) is 17.4. The zero-order valence-electron chi connectivity index (χ0n) is 11.2. The molecule has 1 rings (SSSR count). The maximum Gasteiger partial charge on any atom is 0.251 e. The highest BCUT2D eigenvalue weighted by Crippen LogP contribution is 2.05. The van der Waals surface area contributed by atoms with Gasteiger partial charge in [-0.25, -0.2) is 0 Å². The van der Waals surface area contributed by atoms with E-state index in [4.69, 9.17) is 0 Å². The number of rotatable bonds is 6. The zero-order valence-corrected chi connectivity index (χ0v) is 12.0. The summed E-state index contributed by atoms with van der Waals surface area (Å²) in [5, 5.41) is 8.34. The van der Waals surface area contributed by atoms with Crippen molar-refractivity contribution in [1.82, 2.24) is 16.0 Å². The summed E-state index contributed by atoms with van der Waals surface area (Å²) in [4.78, 5) is 23.2. The smallest absolute Gasteiger partial charge is 0.251 e. The molecule has 3 N–H and O–H groups in total.